The highest BCUT2D eigenvalue weighted by molar-refractivity contribution is 6.25. The molecule has 2 amide bonds. The first-order valence-corrected chi connectivity index (χ1v) is 12.3. The maximum absolute atomic E-state index is 14.2. The molecule has 3 aliphatic heterocycles. The number of hydrogen-bond acceptors (Lipinski definition) is 6. The highest BCUT2D eigenvalue weighted by atomic mass is 16.2. The molecule has 0 N–H and O–H groups in total. The lowest BCUT2D eigenvalue weighted by atomic mass is 9.88. The minimum absolute atomic E-state index is 0.278. The fourth-order valence-corrected chi connectivity index (χ4v) is 6.25. The number of carbonyl (C=O) groups is 3. The van der Waals surface area contributed by atoms with E-state index in [0.717, 1.165) is 22.4 Å². The summed E-state index contributed by atoms with van der Waals surface area (Å²) < 4.78 is 1.28. The van der Waals surface area contributed by atoms with Gasteiger partial charge in [-0.05, 0) is 49.2 Å². The summed E-state index contributed by atoms with van der Waals surface area (Å²) in [4.78, 5) is 45.5. The molecular weight excluding hydrogens is 466 g/mol. The lowest BCUT2D eigenvalue weighted by Crippen LogP contribution is -2.50. The largest absolute Gasteiger partial charge is 0.351 e. The summed E-state index contributed by atoms with van der Waals surface area (Å²) in [6, 6.07) is 19.3. The van der Waals surface area contributed by atoms with E-state index in [1.54, 1.807) is 12.1 Å². The average molecular weight is 490 g/mol. The summed E-state index contributed by atoms with van der Waals surface area (Å²) in [5, 5.41) is 8.31. The Hall–Kier alpha value is -4.59. The van der Waals surface area contributed by atoms with Crippen LogP contribution >= 0.6 is 0 Å². The van der Waals surface area contributed by atoms with Gasteiger partial charge in [-0.25, -0.2) is 4.90 Å². The van der Waals surface area contributed by atoms with Crippen LogP contribution in [0.4, 0.5) is 11.4 Å². The highest BCUT2D eigenvalue weighted by Gasteiger charge is 2.64. The predicted octanol–water partition coefficient (Wildman–Crippen LogP) is 3.78. The Morgan fingerprint density at radius 1 is 0.865 bits per heavy atom. The Labute approximate surface area is 212 Å². The first kappa shape index (κ1) is 21.7. The second-order valence-corrected chi connectivity index (χ2v) is 9.94. The van der Waals surface area contributed by atoms with Gasteiger partial charge >= 0.3 is 0 Å². The summed E-state index contributed by atoms with van der Waals surface area (Å²) in [5.41, 5.74) is 5.37. The van der Waals surface area contributed by atoms with E-state index in [0.29, 0.717) is 16.7 Å². The lowest BCUT2D eigenvalue weighted by Gasteiger charge is -2.36. The van der Waals surface area contributed by atoms with Crippen LogP contribution in [0.1, 0.15) is 21.5 Å². The van der Waals surface area contributed by atoms with Crippen molar-refractivity contribution in [2.75, 3.05) is 9.80 Å². The third-order valence-corrected chi connectivity index (χ3v) is 7.82. The zero-order valence-electron chi connectivity index (χ0n) is 20.3. The fraction of sp³-hybridized carbons (Fsp3) is 0.207. The normalized spacial score (nSPS) is 23.9. The smallest absolute Gasteiger partial charge is 0.272 e. The van der Waals surface area contributed by atoms with Crippen LogP contribution in [0.15, 0.2) is 72.8 Å². The van der Waals surface area contributed by atoms with E-state index >= 15 is 0 Å². The van der Waals surface area contributed by atoms with Crippen molar-refractivity contribution >= 4 is 46.2 Å². The summed E-state index contributed by atoms with van der Waals surface area (Å²) >= 11 is 0. The van der Waals surface area contributed by atoms with Crippen LogP contribution in [0.3, 0.4) is 0 Å². The van der Waals surface area contributed by atoms with Gasteiger partial charge < -0.3 is 4.90 Å². The molecular formula is C29H23N5O3. The van der Waals surface area contributed by atoms with E-state index in [4.69, 9.17) is 0 Å². The fourth-order valence-electron chi connectivity index (χ4n) is 6.25. The van der Waals surface area contributed by atoms with Gasteiger partial charge in [0.2, 0.25) is 11.8 Å². The Balaban J connectivity index is 1.40. The van der Waals surface area contributed by atoms with Crippen LogP contribution in [0.5, 0.6) is 0 Å². The first-order chi connectivity index (χ1) is 18.0. The van der Waals surface area contributed by atoms with Gasteiger partial charge in [0.15, 0.2) is 0 Å². The lowest BCUT2D eigenvalue weighted by molar-refractivity contribution is -0.122. The third kappa shape index (κ3) is 2.92. The molecule has 182 valence electrons. The second kappa shape index (κ2) is 7.70. The number of benzene rings is 3. The quantitative estimate of drug-likeness (QED) is 0.398. The summed E-state index contributed by atoms with van der Waals surface area (Å²) in [5.74, 6) is -2.56. The molecule has 0 radical (unpaired) electrons. The number of aromatic nitrogens is 3. The summed E-state index contributed by atoms with van der Waals surface area (Å²) in [7, 11) is 0. The van der Waals surface area contributed by atoms with Crippen LogP contribution in [0.2, 0.25) is 0 Å². The van der Waals surface area contributed by atoms with Gasteiger partial charge in [-0.3, -0.25) is 14.4 Å². The van der Waals surface area contributed by atoms with Crippen LogP contribution in [-0.2, 0) is 9.59 Å². The Kier molecular flexibility index (Phi) is 4.51. The molecule has 0 unspecified atom stereocenters. The second-order valence-electron chi connectivity index (χ2n) is 9.94. The van der Waals surface area contributed by atoms with Gasteiger partial charge in [-0.1, -0.05) is 65.4 Å². The van der Waals surface area contributed by atoms with Crippen molar-refractivity contribution in [2.45, 2.75) is 25.9 Å². The molecule has 0 saturated carbocycles. The minimum Gasteiger partial charge on any atom is -0.351 e. The number of imide groups is 1. The molecule has 7 rings (SSSR count). The third-order valence-electron chi connectivity index (χ3n) is 7.82. The first-order valence-electron chi connectivity index (χ1n) is 12.3. The van der Waals surface area contributed by atoms with Gasteiger partial charge in [0.05, 0.1) is 29.1 Å². The Morgan fingerprint density at radius 2 is 1.62 bits per heavy atom. The van der Waals surface area contributed by atoms with Crippen LogP contribution < -0.4 is 9.80 Å². The van der Waals surface area contributed by atoms with Crippen molar-refractivity contribution in [2.24, 2.45) is 11.8 Å². The van der Waals surface area contributed by atoms with E-state index < -0.39 is 23.9 Å². The number of nitrogens with zero attached hydrogens (tertiary/aromatic N) is 5. The van der Waals surface area contributed by atoms with E-state index in [1.165, 1.54) is 9.58 Å². The standard InChI is InChI=1S/C29H23N5O3/c1-16-11-13-20(17(2)15-16)33-27(35)24-23-14-12-18-7-3-5-9-21(18)32(23)26(25(24)28(33)36)29(37)34-22-10-6-4-8-19(22)30-31-34/h3-15,23-26H,1-2H3/t23-,24+,25-,26+/m1/s1. The monoisotopic (exact) mass is 489 g/mol. The maximum Gasteiger partial charge on any atom is 0.272 e. The maximum atomic E-state index is 14.2. The van der Waals surface area contributed by atoms with Gasteiger partial charge in [0.25, 0.3) is 5.91 Å². The number of para-hydroxylation sites is 2. The molecule has 4 atom stereocenters. The SMILES string of the molecule is Cc1ccc(N2C(=O)[C@@H]3[C@@H](C2=O)[C@@H](C(=O)n2nnc4ccccc42)N2c4ccccc4C=C[C@H]32)c(C)c1. The van der Waals surface area contributed by atoms with Crippen LogP contribution in [0, 0.1) is 25.7 Å². The van der Waals surface area contributed by atoms with E-state index in [9.17, 15) is 14.4 Å². The average Bonchev–Trinajstić information content (AvgIpc) is 3.55. The predicted molar refractivity (Wildman–Crippen MR) is 139 cm³/mol. The van der Waals surface area contributed by atoms with Crippen molar-refractivity contribution in [3.05, 3.63) is 89.5 Å². The molecule has 8 nitrogen and oxygen atoms in total. The van der Waals surface area contributed by atoms with Crippen LogP contribution in [0.25, 0.3) is 17.1 Å². The molecule has 8 heteroatoms. The minimum atomic E-state index is -0.918. The molecule has 1 aromatic heterocycles. The van der Waals surface area contributed by atoms with Crippen molar-refractivity contribution < 1.29 is 14.4 Å². The van der Waals surface area contributed by atoms with Crippen molar-refractivity contribution in [3.8, 4) is 0 Å². The molecule has 0 spiro atoms. The van der Waals surface area contributed by atoms with Crippen molar-refractivity contribution in [3.63, 3.8) is 0 Å². The number of anilines is 2. The molecule has 2 saturated heterocycles. The van der Waals surface area contributed by atoms with E-state index in [1.807, 2.05) is 85.5 Å². The molecule has 4 aromatic rings. The van der Waals surface area contributed by atoms with E-state index in [2.05, 4.69) is 10.3 Å². The molecule has 3 aliphatic rings. The summed E-state index contributed by atoms with van der Waals surface area (Å²) in [6.45, 7) is 3.86. The number of carbonyl (C=O) groups excluding carboxylic acids is 3. The topological polar surface area (TPSA) is 88.4 Å². The summed E-state index contributed by atoms with van der Waals surface area (Å²) in [6.07, 6.45) is 3.92. The molecule has 3 aromatic carbocycles. The zero-order valence-corrected chi connectivity index (χ0v) is 20.3. The molecule has 0 aliphatic carbocycles. The van der Waals surface area contributed by atoms with Crippen molar-refractivity contribution in [1.82, 2.24) is 15.0 Å². The molecule has 4 heterocycles. The molecule has 0 bridgehead atoms. The number of rotatable bonds is 2. The number of fused-ring (bicyclic) bond motifs is 6. The number of amides is 2. The Morgan fingerprint density at radius 3 is 2.46 bits per heavy atom. The number of hydrogen-bond donors (Lipinski definition) is 0. The number of aryl methyl sites for hydroxylation is 2. The molecule has 37 heavy (non-hydrogen) atoms. The van der Waals surface area contributed by atoms with Crippen molar-refractivity contribution in [1.29, 1.82) is 0 Å². The van der Waals surface area contributed by atoms with Gasteiger partial charge in [0, 0.05) is 5.69 Å². The van der Waals surface area contributed by atoms with E-state index in [-0.39, 0.29) is 17.7 Å². The molecule has 2 fully saturated rings. The zero-order chi connectivity index (χ0) is 25.4. The van der Waals surface area contributed by atoms with Crippen LogP contribution in [-0.4, -0.2) is 44.8 Å². The van der Waals surface area contributed by atoms with Gasteiger partial charge in [0.1, 0.15) is 11.6 Å². The Bertz CT molecular complexity index is 1670. The van der Waals surface area contributed by atoms with Gasteiger partial charge in [-0.2, -0.15) is 4.68 Å². The van der Waals surface area contributed by atoms with Gasteiger partial charge in [-0.15, -0.1) is 5.10 Å². The highest BCUT2D eigenvalue weighted by Crippen LogP contribution is 2.49.